The molecule has 2 atom stereocenters. The van der Waals surface area contributed by atoms with Crippen molar-refractivity contribution < 1.29 is 13.2 Å². The molecule has 180 valence electrons. The second-order valence-corrected chi connectivity index (χ2v) is 11.0. The van der Waals surface area contributed by atoms with Crippen LogP contribution in [-0.4, -0.2) is 54.0 Å². The van der Waals surface area contributed by atoms with Gasteiger partial charge in [-0.3, -0.25) is 0 Å². The van der Waals surface area contributed by atoms with E-state index in [0.29, 0.717) is 30.9 Å². The Morgan fingerprint density at radius 1 is 1.03 bits per heavy atom. The minimum absolute atomic E-state index is 0.290. The second kappa shape index (κ2) is 9.38. The number of H-pyrrole nitrogens is 1. The zero-order valence-electron chi connectivity index (χ0n) is 19.2. The lowest BCUT2D eigenvalue weighted by Gasteiger charge is -2.38. The molecule has 10 heteroatoms. The first kappa shape index (κ1) is 22.9. The first-order valence-corrected chi connectivity index (χ1v) is 13.3. The summed E-state index contributed by atoms with van der Waals surface area (Å²) in [6.45, 7) is 1.05. The third-order valence-corrected chi connectivity index (χ3v) is 8.00. The van der Waals surface area contributed by atoms with Crippen LogP contribution in [-0.2, 0) is 9.84 Å². The van der Waals surface area contributed by atoms with Gasteiger partial charge in [0.2, 0.25) is 0 Å². The normalized spacial score (nSPS) is 18.4. The number of nitrogens with one attached hydrogen (secondary N) is 3. The number of carbonyl (C=O) groups excluding carboxylic acids is 1. The monoisotopic (exact) mass is 490 g/mol. The van der Waals surface area contributed by atoms with Crippen molar-refractivity contribution in [1.29, 1.82) is 0 Å². The Bertz CT molecular complexity index is 1450. The van der Waals surface area contributed by atoms with Gasteiger partial charge in [-0.15, -0.1) is 0 Å². The summed E-state index contributed by atoms with van der Waals surface area (Å²) in [5.41, 5.74) is 2.87. The molecule has 35 heavy (non-hydrogen) atoms. The largest absolute Gasteiger partial charge is 0.355 e. The molecule has 0 radical (unpaired) electrons. The van der Waals surface area contributed by atoms with E-state index in [0.717, 1.165) is 22.4 Å². The summed E-state index contributed by atoms with van der Waals surface area (Å²) in [7, 11) is -3.30. The van der Waals surface area contributed by atoms with Gasteiger partial charge in [0, 0.05) is 42.8 Å². The summed E-state index contributed by atoms with van der Waals surface area (Å²) in [6, 6.07) is 18.1. The molecule has 4 aromatic rings. The Hall–Kier alpha value is -3.92. The quantitative estimate of drug-likeness (QED) is 0.389. The predicted octanol–water partition coefficient (Wildman–Crippen LogP) is 4.01. The van der Waals surface area contributed by atoms with Crippen LogP contribution in [0.5, 0.6) is 0 Å². The van der Waals surface area contributed by atoms with E-state index in [9.17, 15) is 13.2 Å². The van der Waals surface area contributed by atoms with Crippen molar-refractivity contribution in [2.24, 2.45) is 0 Å². The van der Waals surface area contributed by atoms with Crippen LogP contribution >= 0.6 is 0 Å². The summed E-state index contributed by atoms with van der Waals surface area (Å²) in [4.78, 5) is 26.5. The molecule has 3 N–H and O–H groups in total. The number of para-hydroxylation sites is 1. The van der Waals surface area contributed by atoms with E-state index >= 15 is 0 Å². The summed E-state index contributed by atoms with van der Waals surface area (Å²) in [6.07, 6.45) is 5.11. The minimum atomic E-state index is -3.30. The molecule has 3 heterocycles. The molecule has 1 aliphatic heterocycles. The molecule has 2 aromatic heterocycles. The average Bonchev–Trinajstić information content (AvgIpc) is 3.33. The Morgan fingerprint density at radius 3 is 2.60 bits per heavy atom. The highest BCUT2D eigenvalue weighted by Crippen LogP contribution is 2.36. The van der Waals surface area contributed by atoms with Crippen LogP contribution in [0.2, 0.25) is 0 Å². The van der Waals surface area contributed by atoms with Crippen molar-refractivity contribution in [3.05, 3.63) is 78.8 Å². The number of urea groups is 1. The maximum atomic E-state index is 12.7. The number of amides is 2. The number of piperidine rings is 1. The number of sulfone groups is 1. The van der Waals surface area contributed by atoms with Gasteiger partial charge >= 0.3 is 6.03 Å². The fourth-order valence-electron chi connectivity index (χ4n) is 4.73. The van der Waals surface area contributed by atoms with E-state index in [4.69, 9.17) is 0 Å². The maximum absolute atomic E-state index is 12.7. The van der Waals surface area contributed by atoms with Crippen molar-refractivity contribution in [3.8, 4) is 0 Å². The number of carbonyl (C=O) groups is 1. The number of aromatic amines is 1. The molecule has 0 spiro atoms. The highest BCUT2D eigenvalue weighted by atomic mass is 32.2. The minimum Gasteiger partial charge on any atom is -0.355 e. The Kier molecular flexibility index (Phi) is 6.12. The third-order valence-electron chi connectivity index (χ3n) is 6.34. The van der Waals surface area contributed by atoms with Gasteiger partial charge < -0.3 is 20.5 Å². The van der Waals surface area contributed by atoms with E-state index in [1.807, 2.05) is 48.7 Å². The molecule has 0 aliphatic carbocycles. The molecule has 1 aliphatic rings. The van der Waals surface area contributed by atoms with Crippen LogP contribution < -0.4 is 15.5 Å². The van der Waals surface area contributed by atoms with E-state index in [-0.39, 0.29) is 11.9 Å². The van der Waals surface area contributed by atoms with Crippen molar-refractivity contribution in [1.82, 2.24) is 15.0 Å². The van der Waals surface area contributed by atoms with Gasteiger partial charge in [-0.2, -0.15) is 0 Å². The smallest absolute Gasteiger partial charge is 0.323 e. The summed E-state index contributed by atoms with van der Waals surface area (Å²) < 4.78 is 25.4. The van der Waals surface area contributed by atoms with Gasteiger partial charge in [-0.25, -0.2) is 23.2 Å². The summed E-state index contributed by atoms with van der Waals surface area (Å²) in [5, 5.41) is 6.01. The van der Waals surface area contributed by atoms with Gasteiger partial charge in [0.05, 0.1) is 10.6 Å². The van der Waals surface area contributed by atoms with Crippen LogP contribution in [0.25, 0.3) is 11.0 Å². The lowest BCUT2D eigenvalue weighted by Crippen LogP contribution is -2.45. The van der Waals surface area contributed by atoms with Crippen LogP contribution in [0.1, 0.15) is 17.9 Å². The van der Waals surface area contributed by atoms with Gasteiger partial charge in [0.1, 0.15) is 17.8 Å². The van der Waals surface area contributed by atoms with Gasteiger partial charge in [0.25, 0.3) is 0 Å². The number of hydrogen-bond donors (Lipinski definition) is 3. The molecule has 5 rings (SSSR count). The second-order valence-electron chi connectivity index (χ2n) is 8.72. The zero-order valence-corrected chi connectivity index (χ0v) is 20.0. The zero-order chi connectivity index (χ0) is 24.4. The van der Waals surface area contributed by atoms with Crippen LogP contribution in [0.4, 0.5) is 22.0 Å². The van der Waals surface area contributed by atoms with E-state index in [2.05, 4.69) is 30.5 Å². The molecule has 2 aromatic carbocycles. The number of aromatic nitrogens is 3. The Labute approximate surface area is 203 Å². The Morgan fingerprint density at radius 2 is 1.80 bits per heavy atom. The van der Waals surface area contributed by atoms with Gasteiger partial charge in [-0.1, -0.05) is 30.3 Å². The number of benzene rings is 2. The van der Waals surface area contributed by atoms with Crippen LogP contribution in [0, 0.1) is 0 Å². The summed E-state index contributed by atoms with van der Waals surface area (Å²) in [5.74, 6) is 0.492. The highest BCUT2D eigenvalue weighted by molar-refractivity contribution is 7.91. The van der Waals surface area contributed by atoms with Crippen molar-refractivity contribution in [2.45, 2.75) is 17.6 Å². The SMILES string of the molecule is CS(=O)(=O)C1CCN(c2ncnc3[nH]ccc23)CC1c1cccc(NC(=O)Nc2ccccc2)c1. The van der Waals surface area contributed by atoms with Crippen molar-refractivity contribution in [3.63, 3.8) is 0 Å². The molecule has 1 fully saturated rings. The molecular weight excluding hydrogens is 464 g/mol. The molecule has 2 amide bonds. The molecule has 0 bridgehead atoms. The van der Waals surface area contributed by atoms with Crippen molar-refractivity contribution in [2.75, 3.05) is 34.9 Å². The van der Waals surface area contributed by atoms with Crippen LogP contribution in [0.15, 0.2) is 73.2 Å². The van der Waals surface area contributed by atoms with Crippen molar-refractivity contribution >= 4 is 44.1 Å². The number of hydrogen-bond acceptors (Lipinski definition) is 6. The summed E-state index contributed by atoms with van der Waals surface area (Å²) >= 11 is 0. The van der Waals surface area contributed by atoms with E-state index in [1.54, 1.807) is 18.2 Å². The lowest BCUT2D eigenvalue weighted by atomic mass is 9.89. The molecular formula is C25H26N6O3S. The number of rotatable bonds is 5. The average molecular weight is 491 g/mol. The topological polar surface area (TPSA) is 120 Å². The van der Waals surface area contributed by atoms with Gasteiger partial charge in [-0.05, 0) is 42.3 Å². The lowest BCUT2D eigenvalue weighted by molar-refractivity contribution is 0.262. The fourth-order valence-corrected chi connectivity index (χ4v) is 6.10. The standard InChI is InChI=1S/C25H26N6O3S/c1-35(33,34)22-11-13-31(24-20-10-12-26-23(20)27-16-28-24)15-21(22)17-6-5-9-19(14-17)30-25(32)29-18-7-3-2-4-8-18/h2-10,12,14,16,21-22H,11,13,15H2,1H3,(H,26,27,28)(H2,29,30,32). The van der Waals surface area contributed by atoms with Gasteiger partial charge in [0.15, 0.2) is 9.84 Å². The Balaban J connectivity index is 1.41. The van der Waals surface area contributed by atoms with Crippen LogP contribution in [0.3, 0.4) is 0 Å². The molecule has 2 unspecified atom stereocenters. The maximum Gasteiger partial charge on any atom is 0.323 e. The van der Waals surface area contributed by atoms with E-state index < -0.39 is 15.1 Å². The first-order valence-electron chi connectivity index (χ1n) is 11.3. The molecule has 0 saturated carbocycles. The predicted molar refractivity (Wildman–Crippen MR) is 138 cm³/mol. The number of anilines is 3. The molecule has 1 saturated heterocycles. The third kappa shape index (κ3) is 4.97. The number of nitrogens with zero attached hydrogens (tertiary/aromatic N) is 3. The number of fused-ring (bicyclic) bond motifs is 1. The highest BCUT2D eigenvalue weighted by Gasteiger charge is 2.37. The molecule has 9 nitrogen and oxygen atoms in total. The van der Waals surface area contributed by atoms with E-state index in [1.165, 1.54) is 12.6 Å². The fraction of sp³-hybridized carbons (Fsp3) is 0.240. The first-order chi connectivity index (χ1) is 16.9.